The van der Waals surface area contributed by atoms with E-state index in [1.54, 1.807) is 0 Å². The van der Waals surface area contributed by atoms with E-state index in [0.29, 0.717) is 11.7 Å². The monoisotopic (exact) mass is 152 g/mol. The van der Waals surface area contributed by atoms with E-state index in [9.17, 15) is 4.79 Å². The van der Waals surface area contributed by atoms with Crippen molar-refractivity contribution in [3.8, 4) is 0 Å². The molecular weight excluding hydrogens is 136 g/mol. The van der Waals surface area contributed by atoms with Crippen LogP contribution in [0.3, 0.4) is 0 Å². The molecule has 1 rings (SSSR count). The quantitative estimate of drug-likeness (QED) is 0.556. The maximum Gasteiger partial charge on any atom is 0.139 e. The van der Waals surface area contributed by atoms with Gasteiger partial charge in [-0.25, -0.2) is 0 Å². The number of Topliss-reactive ketones (excluding diaryl/α,β-unsaturated/α-hetero) is 1. The lowest BCUT2D eigenvalue weighted by Crippen LogP contribution is -2.25. The van der Waals surface area contributed by atoms with Crippen LogP contribution in [0.4, 0.5) is 0 Å². The summed E-state index contributed by atoms with van der Waals surface area (Å²) in [7, 11) is 0. The summed E-state index contributed by atoms with van der Waals surface area (Å²) in [6.07, 6.45) is 6.12. The molecule has 1 aliphatic rings. The molecule has 0 spiro atoms. The van der Waals surface area contributed by atoms with Crippen molar-refractivity contribution in [1.82, 2.24) is 0 Å². The molecule has 0 amide bonds. The minimum absolute atomic E-state index is 0.288. The molecule has 2 atom stereocenters. The van der Waals surface area contributed by atoms with E-state index >= 15 is 0 Å². The molecule has 1 nitrogen and oxygen atoms in total. The predicted molar refractivity (Wildman–Crippen MR) is 46.3 cm³/mol. The highest BCUT2D eigenvalue weighted by molar-refractivity contribution is 5.83. The van der Waals surface area contributed by atoms with Gasteiger partial charge in [0, 0.05) is 11.8 Å². The van der Waals surface area contributed by atoms with Crippen LogP contribution in [0.25, 0.3) is 0 Å². The molecule has 0 bridgehead atoms. The molecule has 0 unspecified atom stereocenters. The first-order valence-corrected chi connectivity index (χ1v) is 4.40. The van der Waals surface area contributed by atoms with Gasteiger partial charge in [0.25, 0.3) is 0 Å². The SMILES string of the molecule is C=CC[C@@H]1CCC[C@H](C)C1=O. The van der Waals surface area contributed by atoms with E-state index in [2.05, 4.69) is 6.58 Å². The normalized spacial score (nSPS) is 31.9. The maximum atomic E-state index is 11.5. The van der Waals surface area contributed by atoms with Gasteiger partial charge in [-0.3, -0.25) is 4.79 Å². The van der Waals surface area contributed by atoms with Gasteiger partial charge >= 0.3 is 0 Å². The molecule has 0 saturated heterocycles. The number of hydrogen-bond donors (Lipinski definition) is 0. The zero-order valence-corrected chi connectivity index (χ0v) is 7.18. The van der Waals surface area contributed by atoms with Crippen molar-refractivity contribution in [3.63, 3.8) is 0 Å². The number of hydrogen-bond acceptors (Lipinski definition) is 1. The summed E-state index contributed by atoms with van der Waals surface area (Å²) in [6, 6.07) is 0. The third-order valence-corrected chi connectivity index (χ3v) is 2.53. The molecule has 1 saturated carbocycles. The van der Waals surface area contributed by atoms with Gasteiger partial charge in [-0.2, -0.15) is 0 Å². The second-order valence-electron chi connectivity index (χ2n) is 3.46. The number of carbonyl (C=O) groups excluding carboxylic acids is 1. The summed E-state index contributed by atoms with van der Waals surface area (Å²) in [4.78, 5) is 11.5. The lowest BCUT2D eigenvalue weighted by atomic mass is 9.80. The van der Waals surface area contributed by atoms with Crippen LogP contribution >= 0.6 is 0 Å². The van der Waals surface area contributed by atoms with Crippen LogP contribution in [0.2, 0.25) is 0 Å². The van der Waals surface area contributed by atoms with Crippen molar-refractivity contribution >= 4 is 5.78 Å². The summed E-state index contributed by atoms with van der Waals surface area (Å²) < 4.78 is 0. The lowest BCUT2D eigenvalue weighted by molar-refractivity contribution is -0.128. The Kier molecular flexibility index (Phi) is 2.86. The highest BCUT2D eigenvalue weighted by Crippen LogP contribution is 2.27. The fourth-order valence-electron chi connectivity index (χ4n) is 1.79. The highest BCUT2D eigenvalue weighted by atomic mass is 16.1. The van der Waals surface area contributed by atoms with Crippen LogP contribution in [0.15, 0.2) is 12.7 Å². The van der Waals surface area contributed by atoms with Crippen LogP contribution in [0.5, 0.6) is 0 Å². The van der Waals surface area contributed by atoms with Crippen LogP contribution in [-0.2, 0) is 4.79 Å². The Hall–Kier alpha value is -0.590. The predicted octanol–water partition coefficient (Wildman–Crippen LogP) is 2.57. The third kappa shape index (κ3) is 1.92. The summed E-state index contributed by atoms with van der Waals surface area (Å²) >= 11 is 0. The molecule has 1 heteroatoms. The number of allylic oxidation sites excluding steroid dienone is 1. The molecule has 0 radical (unpaired) electrons. The Morgan fingerprint density at radius 3 is 3.00 bits per heavy atom. The van der Waals surface area contributed by atoms with Gasteiger partial charge in [-0.1, -0.05) is 19.4 Å². The van der Waals surface area contributed by atoms with E-state index in [-0.39, 0.29) is 5.92 Å². The molecule has 0 aromatic carbocycles. The number of rotatable bonds is 2. The second-order valence-corrected chi connectivity index (χ2v) is 3.46. The Balaban J connectivity index is 2.51. The average molecular weight is 152 g/mol. The first-order chi connectivity index (χ1) is 5.25. The molecule has 1 fully saturated rings. The van der Waals surface area contributed by atoms with E-state index in [4.69, 9.17) is 0 Å². The Morgan fingerprint density at radius 2 is 2.36 bits per heavy atom. The van der Waals surface area contributed by atoms with Crippen molar-refractivity contribution in [2.45, 2.75) is 32.6 Å². The summed E-state index contributed by atoms with van der Waals surface area (Å²) in [5, 5.41) is 0. The molecule has 0 N–H and O–H groups in total. The zero-order chi connectivity index (χ0) is 8.27. The lowest BCUT2D eigenvalue weighted by Gasteiger charge is -2.24. The van der Waals surface area contributed by atoms with Gasteiger partial charge in [0.05, 0.1) is 0 Å². The van der Waals surface area contributed by atoms with Gasteiger partial charge in [-0.15, -0.1) is 6.58 Å². The third-order valence-electron chi connectivity index (χ3n) is 2.53. The average Bonchev–Trinajstić information content (AvgIpc) is 1.99. The number of carbonyl (C=O) groups is 1. The van der Waals surface area contributed by atoms with Gasteiger partial charge in [-0.05, 0) is 19.3 Å². The van der Waals surface area contributed by atoms with Crippen LogP contribution < -0.4 is 0 Å². The molecular formula is C10H16O. The van der Waals surface area contributed by atoms with Gasteiger partial charge in [0.1, 0.15) is 5.78 Å². The summed E-state index contributed by atoms with van der Waals surface area (Å²) in [6.45, 7) is 5.70. The van der Waals surface area contributed by atoms with Crippen molar-refractivity contribution < 1.29 is 4.79 Å². The fourth-order valence-corrected chi connectivity index (χ4v) is 1.79. The Bertz CT molecular complexity index is 160. The van der Waals surface area contributed by atoms with E-state index in [1.165, 1.54) is 6.42 Å². The van der Waals surface area contributed by atoms with E-state index in [0.717, 1.165) is 19.3 Å². The van der Waals surface area contributed by atoms with Crippen molar-refractivity contribution in [2.24, 2.45) is 11.8 Å². The molecule has 0 aliphatic heterocycles. The van der Waals surface area contributed by atoms with Gasteiger partial charge in [0.15, 0.2) is 0 Å². The van der Waals surface area contributed by atoms with Crippen molar-refractivity contribution in [3.05, 3.63) is 12.7 Å². The number of ketones is 1. The summed E-state index contributed by atoms with van der Waals surface area (Å²) in [5.41, 5.74) is 0. The van der Waals surface area contributed by atoms with Crippen LogP contribution in [0.1, 0.15) is 32.6 Å². The minimum atomic E-state index is 0.288. The summed E-state index contributed by atoms with van der Waals surface area (Å²) in [5.74, 6) is 1.04. The van der Waals surface area contributed by atoms with Gasteiger partial charge < -0.3 is 0 Å². The van der Waals surface area contributed by atoms with Crippen LogP contribution in [0, 0.1) is 11.8 Å². The highest BCUT2D eigenvalue weighted by Gasteiger charge is 2.26. The second kappa shape index (κ2) is 3.70. The molecule has 0 aromatic heterocycles. The Morgan fingerprint density at radius 1 is 1.64 bits per heavy atom. The smallest absolute Gasteiger partial charge is 0.139 e. The van der Waals surface area contributed by atoms with Gasteiger partial charge in [0.2, 0.25) is 0 Å². The first-order valence-electron chi connectivity index (χ1n) is 4.40. The largest absolute Gasteiger partial charge is 0.299 e. The van der Waals surface area contributed by atoms with Crippen molar-refractivity contribution in [1.29, 1.82) is 0 Å². The topological polar surface area (TPSA) is 17.1 Å². The molecule has 1 aliphatic carbocycles. The molecule has 0 aromatic rings. The minimum Gasteiger partial charge on any atom is -0.299 e. The zero-order valence-electron chi connectivity index (χ0n) is 7.18. The van der Waals surface area contributed by atoms with E-state index in [1.807, 2.05) is 13.0 Å². The molecule has 62 valence electrons. The Labute approximate surface area is 68.5 Å². The maximum absolute atomic E-state index is 11.5. The first kappa shape index (κ1) is 8.51. The molecule has 11 heavy (non-hydrogen) atoms. The van der Waals surface area contributed by atoms with Crippen LogP contribution in [-0.4, -0.2) is 5.78 Å². The standard InChI is InChI=1S/C10H16O/c1-3-5-9-7-4-6-8(2)10(9)11/h3,8-9H,1,4-7H2,2H3/t8-,9+/m0/s1. The van der Waals surface area contributed by atoms with Crippen molar-refractivity contribution in [2.75, 3.05) is 0 Å². The molecule has 0 heterocycles. The van der Waals surface area contributed by atoms with E-state index < -0.39 is 0 Å². The fraction of sp³-hybridized carbons (Fsp3) is 0.700.